The van der Waals surface area contributed by atoms with Gasteiger partial charge in [-0.05, 0) is 124 Å². The number of likely N-dealkylation sites (tertiary alicyclic amines) is 1. The van der Waals surface area contributed by atoms with Crippen LogP contribution in [0.25, 0.3) is 11.0 Å². The number of halogens is 3. The average molecular weight is 911 g/mol. The van der Waals surface area contributed by atoms with E-state index in [1.165, 1.54) is 6.07 Å². The number of hydrogen-bond acceptors (Lipinski definition) is 7. The van der Waals surface area contributed by atoms with E-state index in [1.54, 1.807) is 35.9 Å². The van der Waals surface area contributed by atoms with Gasteiger partial charge in [-0.3, -0.25) is 28.8 Å². The van der Waals surface area contributed by atoms with Gasteiger partial charge in [-0.1, -0.05) is 53.2 Å². The molecular formula is C49H54Cl2FN7O5. The van der Waals surface area contributed by atoms with Crippen molar-refractivity contribution in [3.05, 3.63) is 97.6 Å². The number of nitrogens with zero attached hydrogens (tertiary/aromatic N) is 3. The van der Waals surface area contributed by atoms with Crippen LogP contribution in [0.2, 0.25) is 10.0 Å². The van der Waals surface area contributed by atoms with Gasteiger partial charge in [0.05, 0.1) is 28.1 Å². The minimum absolute atomic E-state index is 0.0291. The molecule has 12 nitrogen and oxygen atoms in total. The van der Waals surface area contributed by atoms with Crippen molar-refractivity contribution in [1.82, 2.24) is 30.0 Å². The standard InChI is InChI=1S/C49H54Cl2FN7O5/c1-57-40-25-30(9-15-39(40)59(47(57)63)34-13-16-41(60)53-27-34)6-5-29-17-21-58(22-18-29)28-31-7-11-33(12-8-31)54-45(61)44-42(35-3-2-4-37(51)43(35)52)49(48(56-44)19-23-64-24-20-48)36-14-10-32(50)26-38(36)55-46(49)62/h2-4,9-10,14-15,25-26,29,31,33-34,42,44,56H,7-8,11-13,16-24,27-28H2,1H3,(H,53,60)(H,54,61)(H,55,62)/t31-,33-,34?,42-,44+,49+/m0/s1. The zero-order valence-electron chi connectivity index (χ0n) is 36.0. The van der Waals surface area contributed by atoms with Crippen LogP contribution < -0.4 is 27.0 Å². The van der Waals surface area contributed by atoms with E-state index >= 15 is 4.39 Å². The lowest BCUT2D eigenvalue weighted by molar-refractivity contribution is -0.125. The lowest BCUT2D eigenvalue weighted by atomic mass is 9.57. The molecule has 4 atom stereocenters. The summed E-state index contributed by atoms with van der Waals surface area (Å²) >= 11 is 12.8. The Bertz CT molecular complexity index is 2620. The number of anilines is 1. The summed E-state index contributed by atoms with van der Waals surface area (Å²) in [5.74, 6) is 5.70. The van der Waals surface area contributed by atoms with Gasteiger partial charge in [0, 0.05) is 79.5 Å². The molecule has 5 aliphatic heterocycles. The highest BCUT2D eigenvalue weighted by Gasteiger charge is 2.72. The molecule has 336 valence electrons. The molecule has 3 amide bonds. The fraction of sp³-hybridized carbons (Fsp3) is 0.510. The highest BCUT2D eigenvalue weighted by atomic mass is 35.5. The molecule has 4 saturated heterocycles. The molecule has 4 N–H and O–H groups in total. The van der Waals surface area contributed by atoms with E-state index in [9.17, 15) is 19.2 Å². The third-order valence-corrected chi connectivity index (χ3v) is 15.9. The maximum absolute atomic E-state index is 16.3. The molecule has 10 rings (SSSR count). The van der Waals surface area contributed by atoms with Crippen molar-refractivity contribution in [1.29, 1.82) is 0 Å². The van der Waals surface area contributed by atoms with Crippen LogP contribution >= 0.6 is 23.2 Å². The SMILES string of the molecule is Cn1c(=O)n(C2CCC(=O)NC2)c2ccc(C#CC3CCN(C[C@H]4CC[C@H](NC(=O)[C@@H]5NC6(CCOCC6)[C@@]6(C(=O)Nc7cc(Cl)ccc76)[C@H]5c5cccc(Cl)c5F)CC4)CC3)cc21. The van der Waals surface area contributed by atoms with Gasteiger partial charge in [0.25, 0.3) is 0 Å². The predicted octanol–water partition coefficient (Wildman–Crippen LogP) is 6.17. The number of hydrogen-bond donors (Lipinski definition) is 4. The van der Waals surface area contributed by atoms with Gasteiger partial charge >= 0.3 is 5.69 Å². The van der Waals surface area contributed by atoms with Crippen LogP contribution in [0, 0.1) is 29.5 Å². The number of benzene rings is 3. The number of aromatic nitrogens is 2. The van der Waals surface area contributed by atoms with Gasteiger partial charge in [-0.15, -0.1) is 0 Å². The fourth-order valence-electron chi connectivity index (χ4n) is 12.1. The second kappa shape index (κ2) is 17.3. The molecule has 4 aromatic rings. The number of fused-ring (bicyclic) bond motifs is 4. The second-order valence-electron chi connectivity index (χ2n) is 18.9. The number of nitrogens with one attached hydrogen (secondary N) is 4. The number of amides is 3. The second-order valence-corrected chi connectivity index (χ2v) is 19.7. The molecule has 5 fully saturated rings. The molecule has 2 spiro atoms. The van der Waals surface area contributed by atoms with Crippen LogP contribution in [-0.2, 0) is 31.6 Å². The first-order valence-electron chi connectivity index (χ1n) is 22.9. The number of ether oxygens (including phenoxy) is 1. The summed E-state index contributed by atoms with van der Waals surface area (Å²) in [5, 5.41) is 13.4. The number of carbonyl (C=O) groups is 3. The largest absolute Gasteiger partial charge is 0.381 e. The summed E-state index contributed by atoms with van der Waals surface area (Å²) in [5.41, 5.74) is 1.78. The molecule has 1 aliphatic carbocycles. The van der Waals surface area contributed by atoms with E-state index in [2.05, 4.69) is 38.0 Å². The summed E-state index contributed by atoms with van der Waals surface area (Å²) < 4.78 is 25.6. The molecule has 64 heavy (non-hydrogen) atoms. The average Bonchev–Trinajstić information content (AvgIpc) is 3.85. The maximum Gasteiger partial charge on any atom is 0.329 e. The molecule has 6 heterocycles. The van der Waals surface area contributed by atoms with Crippen molar-refractivity contribution >= 4 is 57.6 Å². The Balaban J connectivity index is 0.777. The Kier molecular flexibility index (Phi) is 11.6. The molecule has 3 aromatic carbocycles. The maximum atomic E-state index is 16.3. The van der Waals surface area contributed by atoms with Gasteiger partial charge < -0.3 is 25.6 Å². The van der Waals surface area contributed by atoms with E-state index in [1.807, 2.05) is 28.8 Å². The Hall–Kier alpha value is -4.71. The molecule has 0 bridgehead atoms. The Morgan fingerprint density at radius 1 is 0.953 bits per heavy atom. The van der Waals surface area contributed by atoms with Gasteiger partial charge in [0.1, 0.15) is 11.2 Å². The number of rotatable bonds is 6. The zero-order chi connectivity index (χ0) is 44.3. The monoisotopic (exact) mass is 909 g/mol. The van der Waals surface area contributed by atoms with Crippen LogP contribution in [0.15, 0.2) is 59.4 Å². The summed E-state index contributed by atoms with van der Waals surface area (Å²) in [7, 11) is 1.79. The van der Waals surface area contributed by atoms with Gasteiger partial charge in [0.2, 0.25) is 17.7 Å². The molecule has 1 aromatic heterocycles. The Labute approximate surface area is 381 Å². The molecule has 15 heteroatoms. The first kappa shape index (κ1) is 43.2. The molecule has 1 saturated carbocycles. The van der Waals surface area contributed by atoms with Crippen molar-refractivity contribution in [2.24, 2.45) is 18.9 Å². The zero-order valence-corrected chi connectivity index (χ0v) is 37.5. The molecule has 6 aliphatic rings. The third kappa shape index (κ3) is 7.43. The van der Waals surface area contributed by atoms with Crippen LogP contribution in [0.4, 0.5) is 10.1 Å². The molecule has 0 radical (unpaired) electrons. The first-order chi connectivity index (χ1) is 31.0. The van der Waals surface area contributed by atoms with Crippen molar-refractivity contribution in [3.63, 3.8) is 0 Å². The smallest absolute Gasteiger partial charge is 0.329 e. The van der Waals surface area contributed by atoms with Crippen molar-refractivity contribution in [2.75, 3.05) is 44.7 Å². The van der Waals surface area contributed by atoms with Crippen molar-refractivity contribution < 1.29 is 23.5 Å². The van der Waals surface area contributed by atoms with E-state index in [-0.39, 0.29) is 46.1 Å². The highest BCUT2D eigenvalue weighted by molar-refractivity contribution is 6.31. The van der Waals surface area contributed by atoms with E-state index < -0.39 is 28.7 Å². The summed E-state index contributed by atoms with van der Waals surface area (Å²) in [4.78, 5) is 56.8. The Morgan fingerprint density at radius 2 is 1.73 bits per heavy atom. The highest BCUT2D eigenvalue weighted by Crippen LogP contribution is 2.62. The number of piperidine rings is 2. The minimum atomic E-state index is -1.33. The van der Waals surface area contributed by atoms with Gasteiger partial charge in [-0.25, -0.2) is 9.18 Å². The topological polar surface area (TPSA) is 139 Å². The third-order valence-electron chi connectivity index (χ3n) is 15.4. The first-order valence-corrected chi connectivity index (χ1v) is 23.6. The van der Waals surface area contributed by atoms with Gasteiger partial charge in [-0.2, -0.15) is 0 Å². The van der Waals surface area contributed by atoms with E-state index in [0.29, 0.717) is 73.6 Å². The van der Waals surface area contributed by atoms with Gasteiger partial charge in [0.15, 0.2) is 0 Å². The number of carbonyl (C=O) groups excluding carboxylic acids is 3. The molecular weight excluding hydrogens is 856 g/mol. The minimum Gasteiger partial charge on any atom is -0.381 e. The van der Waals surface area contributed by atoms with Crippen LogP contribution in [0.1, 0.15) is 92.9 Å². The summed E-state index contributed by atoms with van der Waals surface area (Å²) in [6.45, 7) is 4.22. The predicted molar refractivity (Wildman–Crippen MR) is 244 cm³/mol. The number of imidazole rings is 1. The summed E-state index contributed by atoms with van der Waals surface area (Å²) in [6, 6.07) is 15.1. The summed E-state index contributed by atoms with van der Waals surface area (Å²) in [6.07, 6.45) is 7.62. The quantitative estimate of drug-likeness (QED) is 0.170. The lowest BCUT2D eigenvalue weighted by Gasteiger charge is -2.46. The van der Waals surface area contributed by atoms with Crippen LogP contribution in [0.5, 0.6) is 0 Å². The van der Waals surface area contributed by atoms with E-state index in [4.69, 9.17) is 27.9 Å². The van der Waals surface area contributed by atoms with E-state index in [0.717, 1.165) is 74.8 Å². The van der Waals surface area contributed by atoms with Crippen molar-refractivity contribution in [2.45, 2.75) is 99.2 Å². The Morgan fingerprint density at radius 3 is 2.48 bits per heavy atom. The fourth-order valence-corrected chi connectivity index (χ4v) is 12.5. The molecule has 1 unspecified atom stereocenters. The lowest BCUT2D eigenvalue weighted by Crippen LogP contribution is -2.62. The van der Waals surface area contributed by atoms with Crippen LogP contribution in [-0.4, -0.2) is 88.8 Å². The van der Waals surface area contributed by atoms with Crippen LogP contribution in [0.3, 0.4) is 0 Å². The number of aryl methyl sites for hydroxylation is 1. The normalized spacial score (nSPS) is 28.2. The van der Waals surface area contributed by atoms with Crippen molar-refractivity contribution in [3.8, 4) is 11.8 Å².